The van der Waals surface area contributed by atoms with E-state index in [-0.39, 0.29) is 70.5 Å². The summed E-state index contributed by atoms with van der Waals surface area (Å²) in [4.78, 5) is 16.1. The van der Waals surface area contributed by atoms with Crippen molar-refractivity contribution >= 4 is 11.6 Å². The molecule has 0 radical (unpaired) electrons. The largest absolute Gasteiger partial charge is 0.511 e. The fourth-order valence-electron chi connectivity index (χ4n) is 7.52. The van der Waals surface area contributed by atoms with Crippen LogP contribution in [0.2, 0.25) is 0 Å². The first kappa shape index (κ1) is 37.9. The summed E-state index contributed by atoms with van der Waals surface area (Å²) in [5.41, 5.74) is -3.47. The molecule has 1 saturated heterocycles. The average molecular weight is 741 g/mol. The Morgan fingerprint density at radius 1 is 1.04 bits per heavy atom. The third kappa shape index (κ3) is 7.14. The van der Waals surface area contributed by atoms with Gasteiger partial charge in [-0.25, -0.2) is 8.78 Å². The minimum absolute atomic E-state index is 0.0707. The number of aliphatic hydroxyl groups is 2. The predicted molar refractivity (Wildman–Crippen MR) is 187 cm³/mol. The highest BCUT2D eigenvalue weighted by molar-refractivity contribution is 5.99. The maximum absolute atomic E-state index is 15.6. The number of hydrogen-bond acceptors (Lipinski definition) is 7. The highest BCUT2D eigenvalue weighted by Crippen LogP contribution is 2.53. The van der Waals surface area contributed by atoms with Crippen molar-refractivity contribution < 1.29 is 51.2 Å². The van der Waals surface area contributed by atoms with Crippen LogP contribution in [-0.2, 0) is 22.3 Å². The van der Waals surface area contributed by atoms with Crippen LogP contribution in [0.3, 0.4) is 0 Å². The van der Waals surface area contributed by atoms with Crippen LogP contribution < -0.4 is 14.8 Å². The van der Waals surface area contributed by atoms with Crippen LogP contribution in [0.1, 0.15) is 68.6 Å². The Morgan fingerprint density at radius 3 is 2.49 bits per heavy atom. The molecule has 2 heterocycles. The number of alkyl halides is 3. The van der Waals surface area contributed by atoms with Gasteiger partial charge in [-0.3, -0.25) is 4.79 Å². The zero-order valence-electron chi connectivity index (χ0n) is 29.6. The average Bonchev–Trinajstić information content (AvgIpc) is 3.94. The zero-order valence-corrected chi connectivity index (χ0v) is 29.6. The number of fused-ring (bicyclic) bond motifs is 1. The third-order valence-corrected chi connectivity index (χ3v) is 10.4. The summed E-state index contributed by atoms with van der Waals surface area (Å²) in [6.45, 7) is 1.32. The van der Waals surface area contributed by atoms with Gasteiger partial charge < -0.3 is 34.6 Å². The number of nitrogens with zero attached hydrogens (tertiary/aromatic N) is 1. The van der Waals surface area contributed by atoms with Crippen molar-refractivity contribution in [2.45, 2.75) is 76.4 Å². The van der Waals surface area contributed by atoms with Crippen LogP contribution >= 0.6 is 0 Å². The van der Waals surface area contributed by atoms with Gasteiger partial charge in [-0.05, 0) is 49.6 Å². The maximum Gasteiger partial charge on any atom is 0.416 e. The van der Waals surface area contributed by atoms with E-state index in [1.54, 1.807) is 18.2 Å². The van der Waals surface area contributed by atoms with Crippen LogP contribution in [0.5, 0.6) is 11.5 Å². The second-order valence-corrected chi connectivity index (χ2v) is 13.8. The van der Waals surface area contributed by atoms with Gasteiger partial charge in [0.05, 0.1) is 25.3 Å². The number of methoxy groups -OCH3 is 2. The van der Waals surface area contributed by atoms with Crippen LogP contribution in [0, 0.1) is 28.9 Å². The second-order valence-electron chi connectivity index (χ2n) is 13.8. The Bertz CT molecular complexity index is 1980. The Balaban J connectivity index is 1.43. The molecule has 3 aromatic rings. The molecule has 8 nitrogen and oxygen atoms in total. The highest BCUT2D eigenvalue weighted by atomic mass is 19.4. The molecule has 1 amide bonds. The van der Waals surface area contributed by atoms with Crippen LogP contribution in [0.15, 0.2) is 59.9 Å². The summed E-state index contributed by atoms with van der Waals surface area (Å²) in [6.07, 6.45) is -0.695. The number of benzene rings is 3. The van der Waals surface area contributed by atoms with Crippen molar-refractivity contribution in [2.75, 3.05) is 32.8 Å². The lowest BCUT2D eigenvalue weighted by molar-refractivity contribution is -0.138. The van der Waals surface area contributed by atoms with E-state index in [0.717, 1.165) is 31.4 Å². The number of nitrogens with one attached hydrogen (secondary N) is 1. The summed E-state index contributed by atoms with van der Waals surface area (Å²) >= 11 is 0. The van der Waals surface area contributed by atoms with Crippen LogP contribution in [0.25, 0.3) is 11.1 Å². The van der Waals surface area contributed by atoms with Gasteiger partial charge in [0.15, 0.2) is 28.9 Å². The molecule has 3 unspecified atom stereocenters. The number of ether oxygens (including phenoxy) is 3. The summed E-state index contributed by atoms with van der Waals surface area (Å²) < 4.78 is 89.9. The molecule has 3 N–H and O–H groups in total. The van der Waals surface area contributed by atoms with E-state index in [1.165, 1.54) is 37.3 Å². The van der Waals surface area contributed by atoms with E-state index in [9.17, 15) is 23.1 Å². The quantitative estimate of drug-likeness (QED) is 0.0835. The Labute approximate surface area is 304 Å². The van der Waals surface area contributed by atoms with E-state index < -0.39 is 46.5 Å². The van der Waals surface area contributed by atoms with Crippen molar-refractivity contribution in [1.29, 1.82) is 0 Å². The molecule has 2 aliphatic heterocycles. The number of amides is 1. The molecule has 282 valence electrons. The van der Waals surface area contributed by atoms with Crippen molar-refractivity contribution in [1.82, 2.24) is 4.90 Å². The molecule has 2 fully saturated rings. The van der Waals surface area contributed by atoms with Gasteiger partial charge in [-0.2, -0.15) is 13.2 Å². The van der Waals surface area contributed by atoms with Crippen molar-refractivity contribution in [2.24, 2.45) is 5.41 Å². The normalized spacial score (nSPS) is 22.8. The molecule has 0 aromatic heterocycles. The van der Waals surface area contributed by atoms with Gasteiger partial charge >= 0.3 is 6.18 Å². The van der Waals surface area contributed by atoms with Gasteiger partial charge in [0.1, 0.15) is 17.9 Å². The van der Waals surface area contributed by atoms with Gasteiger partial charge in [0.2, 0.25) is 0 Å². The maximum atomic E-state index is 15.6. The number of carbonyl (C=O) groups is 1. The number of epoxide rings is 1. The molecule has 53 heavy (non-hydrogen) atoms. The van der Waals surface area contributed by atoms with E-state index in [4.69, 9.17) is 19.3 Å². The molecular formula is C40H41F5N2O6. The molecule has 0 bridgehead atoms. The number of rotatable bonds is 10. The van der Waals surface area contributed by atoms with E-state index in [2.05, 4.69) is 17.2 Å². The van der Waals surface area contributed by atoms with Crippen LogP contribution in [0.4, 0.5) is 27.6 Å². The van der Waals surface area contributed by atoms with Gasteiger partial charge in [-0.1, -0.05) is 56.2 Å². The third-order valence-electron chi connectivity index (χ3n) is 10.4. The van der Waals surface area contributed by atoms with Crippen molar-refractivity contribution in [3.8, 4) is 34.5 Å². The SMILES string of the molecule is COc1cccc(-c2cc(C(F)(F)F)ccc2NC2(C3=C(O)C4(C)CCCCCC4N(Cc4ccc(C#CCCCO)c(F)c4F)C3=O)CO2)c1OC. The molecule has 1 saturated carbocycles. The number of para-hydroxylation sites is 1. The van der Waals surface area contributed by atoms with Crippen molar-refractivity contribution in [3.63, 3.8) is 0 Å². The standard InChI is InChI=1S/C40H41F5N2O6/c1-38-19-8-4-7-14-31(38)47(22-25-16-15-24(33(41)34(25)42)11-6-5-9-20-48)37(50)32(36(38)49)39(23-53-39)46-29-18-17-26(40(43,44)45)21-28(29)27-12-10-13-30(51-2)35(27)52-3/h10,12-13,15-18,21,31,46,48-49H,4-5,7-9,14,19-20,22-23H2,1-3H3. The first-order valence-electron chi connectivity index (χ1n) is 17.5. The Hall–Kier alpha value is -4.80. The molecule has 3 aliphatic rings. The molecule has 6 rings (SSSR count). The number of halogens is 5. The molecule has 3 aromatic carbocycles. The number of unbranched alkanes of at least 4 members (excludes halogenated alkanes) is 1. The van der Waals surface area contributed by atoms with Gasteiger partial charge in [0.25, 0.3) is 5.91 Å². The van der Waals surface area contributed by atoms with Gasteiger partial charge in [0, 0.05) is 53.4 Å². The Morgan fingerprint density at radius 2 is 1.81 bits per heavy atom. The fraction of sp³-hybridized carbons (Fsp3) is 0.425. The lowest BCUT2D eigenvalue weighted by Gasteiger charge is -2.48. The molecule has 1 aliphatic carbocycles. The lowest BCUT2D eigenvalue weighted by Crippen LogP contribution is -2.57. The van der Waals surface area contributed by atoms with E-state index >= 15 is 8.78 Å². The van der Waals surface area contributed by atoms with E-state index in [0.29, 0.717) is 25.7 Å². The zero-order chi connectivity index (χ0) is 38.1. The van der Waals surface area contributed by atoms with Crippen LogP contribution in [-0.4, -0.2) is 60.2 Å². The summed E-state index contributed by atoms with van der Waals surface area (Å²) in [5, 5.41) is 24.2. The predicted octanol–water partition coefficient (Wildman–Crippen LogP) is 8.12. The molecule has 13 heteroatoms. The van der Waals surface area contributed by atoms with Crippen molar-refractivity contribution in [3.05, 3.63) is 88.2 Å². The summed E-state index contributed by atoms with van der Waals surface area (Å²) in [5.74, 6) is 2.58. The fourth-order valence-corrected chi connectivity index (χ4v) is 7.52. The minimum Gasteiger partial charge on any atom is -0.511 e. The first-order valence-corrected chi connectivity index (χ1v) is 17.5. The monoisotopic (exact) mass is 740 g/mol. The number of hydrogen-bond donors (Lipinski definition) is 3. The topological polar surface area (TPSA) is 104 Å². The molecule has 3 atom stereocenters. The Kier molecular flexibility index (Phi) is 10.7. The summed E-state index contributed by atoms with van der Waals surface area (Å²) in [7, 11) is 2.77. The van der Waals surface area contributed by atoms with Gasteiger partial charge in [-0.15, -0.1) is 0 Å². The number of anilines is 1. The minimum atomic E-state index is -4.68. The first-order chi connectivity index (χ1) is 25.3. The molecular weight excluding hydrogens is 699 g/mol. The summed E-state index contributed by atoms with van der Waals surface area (Å²) in [6, 6.07) is 10.0. The smallest absolute Gasteiger partial charge is 0.416 e. The van der Waals surface area contributed by atoms with E-state index in [1.807, 2.05) is 6.92 Å². The molecule has 0 spiro atoms. The lowest BCUT2D eigenvalue weighted by atomic mass is 9.70. The number of carbonyl (C=O) groups excluding carboxylic acids is 1. The number of aliphatic hydroxyl groups excluding tert-OH is 2. The second kappa shape index (κ2) is 14.9. The highest BCUT2D eigenvalue weighted by Gasteiger charge is 2.61.